The maximum absolute atomic E-state index is 12.6. The van der Waals surface area contributed by atoms with Gasteiger partial charge in [0.1, 0.15) is 23.9 Å². The lowest BCUT2D eigenvalue weighted by Crippen LogP contribution is -2.38. The van der Waals surface area contributed by atoms with Gasteiger partial charge in [0, 0.05) is 25.3 Å². The fourth-order valence-corrected chi connectivity index (χ4v) is 2.47. The van der Waals surface area contributed by atoms with Crippen LogP contribution >= 0.6 is 0 Å². The predicted molar refractivity (Wildman–Crippen MR) is 105 cm³/mol. The Bertz CT molecular complexity index is 739. The Morgan fingerprint density at radius 1 is 1.24 bits per heavy atom. The van der Waals surface area contributed by atoms with E-state index in [2.05, 4.69) is 20.4 Å². The van der Waals surface area contributed by atoms with Crippen LogP contribution in [0.1, 0.15) is 24.7 Å². The summed E-state index contributed by atoms with van der Waals surface area (Å²) in [6.45, 7) is 1.50. The zero-order valence-electron chi connectivity index (χ0n) is 16.6. The van der Waals surface area contributed by atoms with Crippen molar-refractivity contribution in [1.29, 1.82) is 0 Å². The lowest BCUT2D eigenvalue weighted by atomic mass is 10.2. The number of nitrogens with one attached hydrogen (secondary N) is 2. The quantitative estimate of drug-likeness (QED) is 0.316. The Balaban J connectivity index is 1.85. The van der Waals surface area contributed by atoms with Gasteiger partial charge in [0.25, 0.3) is 0 Å². The third-order valence-corrected chi connectivity index (χ3v) is 3.82. The molecule has 0 aliphatic carbocycles. The molecule has 0 radical (unpaired) electrons. The minimum Gasteiger partial charge on any atom is -0.497 e. The fourth-order valence-electron chi connectivity index (χ4n) is 2.47. The number of ether oxygens (including phenoxy) is 3. The minimum atomic E-state index is -2.90. The SMILES string of the molecule is CCNC(=NCc1cc(OC)ccc1OC(F)F)NCCCOCc1ccco1. The van der Waals surface area contributed by atoms with Crippen molar-refractivity contribution >= 4 is 5.96 Å². The minimum absolute atomic E-state index is 0.0757. The molecule has 0 fully saturated rings. The Morgan fingerprint density at radius 3 is 2.79 bits per heavy atom. The molecule has 1 heterocycles. The molecule has 0 saturated heterocycles. The average Bonchev–Trinajstić information content (AvgIpc) is 3.22. The van der Waals surface area contributed by atoms with E-state index in [1.165, 1.54) is 13.2 Å². The summed E-state index contributed by atoms with van der Waals surface area (Å²) in [5.41, 5.74) is 0.503. The molecule has 0 unspecified atom stereocenters. The molecule has 9 heteroatoms. The van der Waals surface area contributed by atoms with Gasteiger partial charge in [0.05, 0.1) is 19.9 Å². The van der Waals surface area contributed by atoms with Crippen molar-refractivity contribution in [1.82, 2.24) is 10.6 Å². The van der Waals surface area contributed by atoms with E-state index in [0.717, 1.165) is 12.2 Å². The van der Waals surface area contributed by atoms with Crippen molar-refractivity contribution < 1.29 is 27.4 Å². The number of alkyl halides is 2. The second-order valence-corrected chi connectivity index (χ2v) is 5.96. The van der Waals surface area contributed by atoms with Crippen molar-refractivity contribution in [2.45, 2.75) is 33.1 Å². The monoisotopic (exact) mass is 411 g/mol. The van der Waals surface area contributed by atoms with E-state index < -0.39 is 6.61 Å². The van der Waals surface area contributed by atoms with E-state index in [0.29, 0.717) is 43.6 Å². The van der Waals surface area contributed by atoms with Crippen molar-refractivity contribution in [3.05, 3.63) is 47.9 Å². The number of hydrogen-bond acceptors (Lipinski definition) is 5. The van der Waals surface area contributed by atoms with Gasteiger partial charge in [-0.05, 0) is 43.7 Å². The van der Waals surface area contributed by atoms with Crippen LogP contribution in [-0.2, 0) is 17.9 Å². The van der Waals surface area contributed by atoms with Crippen molar-refractivity contribution in [3.63, 3.8) is 0 Å². The largest absolute Gasteiger partial charge is 0.497 e. The van der Waals surface area contributed by atoms with Gasteiger partial charge in [0.15, 0.2) is 5.96 Å². The number of nitrogens with zero attached hydrogens (tertiary/aromatic N) is 1. The van der Waals surface area contributed by atoms with Gasteiger partial charge in [-0.25, -0.2) is 4.99 Å². The first kappa shape index (κ1) is 22.5. The molecule has 0 spiro atoms. The van der Waals surface area contributed by atoms with Crippen LogP contribution < -0.4 is 20.1 Å². The Kier molecular flexibility index (Phi) is 9.77. The van der Waals surface area contributed by atoms with Crippen LogP contribution in [0.2, 0.25) is 0 Å². The summed E-state index contributed by atoms with van der Waals surface area (Å²) in [5, 5.41) is 6.31. The van der Waals surface area contributed by atoms with Gasteiger partial charge in [-0.3, -0.25) is 0 Å². The Labute approximate surface area is 169 Å². The van der Waals surface area contributed by atoms with E-state index in [4.69, 9.17) is 13.9 Å². The molecule has 2 rings (SSSR count). The summed E-state index contributed by atoms with van der Waals surface area (Å²) in [7, 11) is 1.51. The van der Waals surface area contributed by atoms with Crippen molar-refractivity contribution in [2.24, 2.45) is 4.99 Å². The Hall–Kier alpha value is -2.81. The number of guanidine groups is 1. The van der Waals surface area contributed by atoms with Gasteiger partial charge in [0.2, 0.25) is 0 Å². The second-order valence-electron chi connectivity index (χ2n) is 5.96. The lowest BCUT2D eigenvalue weighted by Gasteiger charge is -2.13. The molecule has 160 valence electrons. The lowest BCUT2D eigenvalue weighted by molar-refractivity contribution is -0.0504. The number of halogens is 2. The first-order valence-corrected chi connectivity index (χ1v) is 9.36. The van der Waals surface area contributed by atoms with E-state index in [1.807, 2.05) is 19.1 Å². The highest BCUT2D eigenvalue weighted by Gasteiger charge is 2.11. The predicted octanol–water partition coefficient (Wildman–Crippen LogP) is 3.55. The molecule has 2 aromatic rings. The van der Waals surface area contributed by atoms with Gasteiger partial charge in [-0.2, -0.15) is 8.78 Å². The number of furan rings is 1. The van der Waals surface area contributed by atoms with Gasteiger partial charge in [-0.15, -0.1) is 0 Å². The molecule has 0 bridgehead atoms. The highest BCUT2D eigenvalue weighted by molar-refractivity contribution is 5.79. The molecular weight excluding hydrogens is 384 g/mol. The standard InChI is InChI=1S/C20H27F2N3O4/c1-3-23-20(24-9-5-10-27-14-17-6-4-11-28-17)25-13-15-12-16(26-2)7-8-18(15)29-19(21)22/h4,6-8,11-12,19H,3,5,9-10,13-14H2,1-2H3,(H2,23,24,25). The molecule has 0 atom stereocenters. The van der Waals surface area contributed by atoms with Crippen LogP contribution in [0, 0.1) is 0 Å². The summed E-state index contributed by atoms with van der Waals surface area (Å²) >= 11 is 0. The van der Waals surface area contributed by atoms with Crippen LogP contribution in [0.15, 0.2) is 46.0 Å². The summed E-state index contributed by atoms with van der Waals surface area (Å²) in [5.74, 6) is 1.98. The van der Waals surface area contributed by atoms with E-state index >= 15 is 0 Å². The molecule has 2 N–H and O–H groups in total. The smallest absolute Gasteiger partial charge is 0.387 e. The van der Waals surface area contributed by atoms with Crippen LogP contribution in [0.3, 0.4) is 0 Å². The van der Waals surface area contributed by atoms with E-state index in [1.54, 1.807) is 18.4 Å². The van der Waals surface area contributed by atoms with Gasteiger partial charge >= 0.3 is 6.61 Å². The summed E-state index contributed by atoms with van der Waals surface area (Å²) in [4.78, 5) is 4.44. The number of hydrogen-bond donors (Lipinski definition) is 2. The number of aliphatic imine (C=N–C) groups is 1. The van der Waals surface area contributed by atoms with E-state index in [-0.39, 0.29) is 12.3 Å². The van der Waals surface area contributed by atoms with Gasteiger partial charge in [-0.1, -0.05) is 0 Å². The number of rotatable bonds is 12. The topological polar surface area (TPSA) is 77.3 Å². The maximum atomic E-state index is 12.6. The zero-order chi connectivity index (χ0) is 20.9. The van der Waals surface area contributed by atoms with Crippen molar-refractivity contribution in [3.8, 4) is 11.5 Å². The normalized spacial score (nSPS) is 11.6. The van der Waals surface area contributed by atoms with Crippen LogP contribution in [0.25, 0.3) is 0 Å². The zero-order valence-corrected chi connectivity index (χ0v) is 16.6. The first-order chi connectivity index (χ1) is 14.1. The fraction of sp³-hybridized carbons (Fsp3) is 0.450. The molecular formula is C20H27F2N3O4. The van der Waals surface area contributed by atoms with Gasteiger partial charge < -0.3 is 29.3 Å². The molecule has 0 aliphatic rings. The molecule has 0 aliphatic heterocycles. The Morgan fingerprint density at radius 2 is 2.10 bits per heavy atom. The first-order valence-electron chi connectivity index (χ1n) is 9.36. The number of methoxy groups -OCH3 is 1. The van der Waals surface area contributed by atoms with Crippen molar-refractivity contribution in [2.75, 3.05) is 26.8 Å². The molecule has 7 nitrogen and oxygen atoms in total. The molecule has 1 aromatic heterocycles. The molecule has 0 saturated carbocycles. The second kappa shape index (κ2) is 12.6. The summed E-state index contributed by atoms with van der Waals surface area (Å²) in [6, 6.07) is 8.33. The summed E-state index contributed by atoms with van der Waals surface area (Å²) in [6.07, 6.45) is 2.38. The average molecular weight is 411 g/mol. The third-order valence-electron chi connectivity index (χ3n) is 3.82. The molecule has 0 amide bonds. The molecule has 1 aromatic carbocycles. The number of benzene rings is 1. The summed E-state index contributed by atoms with van der Waals surface area (Å²) < 4.78 is 45.7. The van der Waals surface area contributed by atoms with Crippen LogP contribution in [0.4, 0.5) is 8.78 Å². The van der Waals surface area contributed by atoms with Crippen LogP contribution in [0.5, 0.6) is 11.5 Å². The molecule has 29 heavy (non-hydrogen) atoms. The maximum Gasteiger partial charge on any atom is 0.387 e. The highest BCUT2D eigenvalue weighted by atomic mass is 19.3. The highest BCUT2D eigenvalue weighted by Crippen LogP contribution is 2.26. The third kappa shape index (κ3) is 8.39. The van der Waals surface area contributed by atoms with E-state index in [9.17, 15) is 8.78 Å². The van der Waals surface area contributed by atoms with Crippen LogP contribution in [-0.4, -0.2) is 39.4 Å².